The molecule has 0 aliphatic rings. The van der Waals surface area contributed by atoms with E-state index >= 15 is 0 Å². The molecule has 0 spiro atoms. The first kappa shape index (κ1) is 11.1. The maximum absolute atomic E-state index is 11.1. The van der Waals surface area contributed by atoms with Crippen LogP contribution in [0.3, 0.4) is 0 Å². The minimum atomic E-state index is -0.277. The molecular formula is C12H11N3O2. The van der Waals surface area contributed by atoms with Gasteiger partial charge in [-0.3, -0.25) is 4.79 Å². The van der Waals surface area contributed by atoms with Crippen molar-refractivity contribution >= 4 is 17.0 Å². The fraction of sp³-hybridized carbons (Fsp3) is 0.250. The van der Waals surface area contributed by atoms with Crippen LogP contribution < -0.4 is 5.32 Å². The summed E-state index contributed by atoms with van der Waals surface area (Å²) < 4.78 is 5.39. The number of rotatable bonds is 3. The van der Waals surface area contributed by atoms with Gasteiger partial charge in [-0.1, -0.05) is 6.07 Å². The third-order valence-electron chi connectivity index (χ3n) is 2.29. The van der Waals surface area contributed by atoms with Crippen molar-refractivity contribution in [2.45, 2.75) is 19.9 Å². The van der Waals surface area contributed by atoms with E-state index in [-0.39, 0.29) is 12.3 Å². The highest BCUT2D eigenvalue weighted by Crippen LogP contribution is 2.16. The molecular weight excluding hydrogens is 218 g/mol. The Hall–Kier alpha value is -2.35. The van der Waals surface area contributed by atoms with Crippen molar-refractivity contribution in [3.05, 3.63) is 29.7 Å². The number of carbonyl (C=O) groups excluding carboxylic acids is 1. The molecule has 0 fully saturated rings. The zero-order valence-corrected chi connectivity index (χ0v) is 9.36. The van der Waals surface area contributed by atoms with Crippen LogP contribution in [0.2, 0.25) is 0 Å². The Kier molecular flexibility index (Phi) is 3.06. The molecule has 1 aromatic heterocycles. The molecule has 0 bridgehead atoms. The van der Waals surface area contributed by atoms with Crippen molar-refractivity contribution in [1.29, 1.82) is 5.26 Å². The Balaban J connectivity index is 2.09. The van der Waals surface area contributed by atoms with Crippen molar-refractivity contribution in [3.8, 4) is 6.07 Å². The van der Waals surface area contributed by atoms with Crippen LogP contribution in [0.4, 0.5) is 0 Å². The van der Waals surface area contributed by atoms with E-state index in [1.807, 2.05) is 18.2 Å². The van der Waals surface area contributed by atoms with Crippen LogP contribution in [-0.4, -0.2) is 10.9 Å². The van der Waals surface area contributed by atoms with Crippen molar-refractivity contribution < 1.29 is 9.21 Å². The van der Waals surface area contributed by atoms with Crippen molar-refractivity contribution in [3.63, 3.8) is 0 Å². The zero-order chi connectivity index (χ0) is 12.3. The van der Waals surface area contributed by atoms with Crippen LogP contribution in [0.15, 0.2) is 22.6 Å². The minimum Gasteiger partial charge on any atom is -0.441 e. The monoisotopic (exact) mass is 229 g/mol. The van der Waals surface area contributed by atoms with Crippen LogP contribution in [0.1, 0.15) is 17.9 Å². The molecule has 5 nitrogen and oxygen atoms in total. The summed E-state index contributed by atoms with van der Waals surface area (Å²) in [5.41, 5.74) is 2.42. The molecule has 2 rings (SSSR count). The van der Waals surface area contributed by atoms with Gasteiger partial charge in [0.05, 0.1) is 6.07 Å². The summed E-state index contributed by atoms with van der Waals surface area (Å²) in [4.78, 5) is 15.3. The Labute approximate surface area is 98.1 Å². The summed E-state index contributed by atoms with van der Waals surface area (Å²) in [6, 6.07) is 7.35. The molecule has 0 aliphatic heterocycles. The molecule has 86 valence electrons. The van der Waals surface area contributed by atoms with Crippen molar-refractivity contribution in [2.24, 2.45) is 0 Å². The standard InChI is InChI=1S/C12H11N3O2/c1-8-15-10-3-2-9(6-11(10)17-8)7-14-12(16)4-5-13/h2-3,6H,4,7H2,1H3,(H,14,16). The van der Waals surface area contributed by atoms with Gasteiger partial charge in [-0.15, -0.1) is 0 Å². The lowest BCUT2D eigenvalue weighted by Gasteiger charge is -2.02. The van der Waals surface area contributed by atoms with Crippen LogP contribution in [0, 0.1) is 18.3 Å². The van der Waals surface area contributed by atoms with E-state index in [0.29, 0.717) is 18.0 Å². The number of nitrogens with zero attached hydrogens (tertiary/aromatic N) is 2. The van der Waals surface area contributed by atoms with Crippen LogP contribution in [-0.2, 0) is 11.3 Å². The molecule has 0 unspecified atom stereocenters. The van der Waals surface area contributed by atoms with Gasteiger partial charge in [0.2, 0.25) is 5.91 Å². The fourth-order valence-electron chi connectivity index (χ4n) is 1.53. The molecule has 0 saturated carbocycles. The van der Waals surface area contributed by atoms with Gasteiger partial charge in [0.25, 0.3) is 0 Å². The van der Waals surface area contributed by atoms with E-state index in [9.17, 15) is 4.79 Å². The topological polar surface area (TPSA) is 78.9 Å². The number of nitrogens with one attached hydrogen (secondary N) is 1. The quantitative estimate of drug-likeness (QED) is 0.868. The predicted octanol–water partition coefficient (Wildman–Crippen LogP) is 1.67. The van der Waals surface area contributed by atoms with Crippen LogP contribution >= 0.6 is 0 Å². The zero-order valence-electron chi connectivity index (χ0n) is 9.36. The largest absolute Gasteiger partial charge is 0.441 e. The Morgan fingerprint density at radius 2 is 2.41 bits per heavy atom. The highest BCUT2D eigenvalue weighted by Gasteiger charge is 2.04. The number of amides is 1. The first-order chi connectivity index (χ1) is 8.19. The van der Waals surface area contributed by atoms with Crippen LogP contribution in [0.5, 0.6) is 0 Å². The van der Waals surface area contributed by atoms with Gasteiger partial charge in [-0.25, -0.2) is 4.98 Å². The van der Waals surface area contributed by atoms with Gasteiger partial charge in [0.1, 0.15) is 11.9 Å². The maximum Gasteiger partial charge on any atom is 0.234 e. The average Bonchev–Trinajstić information content (AvgIpc) is 2.66. The molecule has 0 atom stereocenters. The van der Waals surface area contributed by atoms with Gasteiger partial charge in [-0.05, 0) is 17.7 Å². The molecule has 1 N–H and O–H groups in total. The number of benzene rings is 1. The number of carbonyl (C=O) groups is 1. The molecule has 2 aromatic rings. The van der Waals surface area contributed by atoms with Crippen LogP contribution in [0.25, 0.3) is 11.1 Å². The number of hydrogen-bond acceptors (Lipinski definition) is 4. The SMILES string of the molecule is Cc1nc2ccc(CNC(=O)CC#N)cc2o1. The summed E-state index contributed by atoms with van der Waals surface area (Å²) >= 11 is 0. The molecule has 1 aromatic carbocycles. The normalized spacial score (nSPS) is 10.1. The lowest BCUT2D eigenvalue weighted by atomic mass is 10.2. The van der Waals surface area contributed by atoms with E-state index in [1.165, 1.54) is 0 Å². The second-order valence-electron chi connectivity index (χ2n) is 3.65. The van der Waals surface area contributed by atoms with Crippen molar-refractivity contribution in [2.75, 3.05) is 0 Å². The molecule has 0 aliphatic carbocycles. The molecule has 5 heteroatoms. The fourth-order valence-corrected chi connectivity index (χ4v) is 1.53. The molecule has 1 amide bonds. The predicted molar refractivity (Wildman–Crippen MR) is 60.8 cm³/mol. The van der Waals surface area contributed by atoms with Crippen molar-refractivity contribution in [1.82, 2.24) is 10.3 Å². The number of oxazole rings is 1. The van der Waals surface area contributed by atoms with Gasteiger partial charge in [-0.2, -0.15) is 5.26 Å². The number of aromatic nitrogens is 1. The summed E-state index contributed by atoms with van der Waals surface area (Å²) in [6.07, 6.45) is -0.121. The highest BCUT2D eigenvalue weighted by molar-refractivity contribution is 5.78. The number of nitriles is 1. The van der Waals surface area contributed by atoms with E-state index in [4.69, 9.17) is 9.68 Å². The second kappa shape index (κ2) is 4.66. The Bertz CT molecular complexity index is 595. The summed E-state index contributed by atoms with van der Waals surface area (Å²) in [5.74, 6) is 0.340. The Morgan fingerprint density at radius 1 is 1.59 bits per heavy atom. The number of hydrogen-bond donors (Lipinski definition) is 1. The lowest BCUT2D eigenvalue weighted by molar-refractivity contribution is -0.120. The Morgan fingerprint density at radius 3 is 3.18 bits per heavy atom. The number of aryl methyl sites for hydroxylation is 1. The molecule has 17 heavy (non-hydrogen) atoms. The molecule has 0 saturated heterocycles. The van der Waals surface area contributed by atoms with E-state index < -0.39 is 0 Å². The first-order valence-corrected chi connectivity index (χ1v) is 5.19. The molecule has 0 radical (unpaired) electrons. The summed E-state index contributed by atoms with van der Waals surface area (Å²) in [7, 11) is 0. The number of fused-ring (bicyclic) bond motifs is 1. The van der Waals surface area contributed by atoms with E-state index in [2.05, 4.69) is 10.3 Å². The van der Waals surface area contributed by atoms with E-state index in [1.54, 1.807) is 13.0 Å². The minimum absolute atomic E-state index is 0.121. The third-order valence-corrected chi connectivity index (χ3v) is 2.29. The average molecular weight is 229 g/mol. The maximum atomic E-state index is 11.1. The molecule has 1 heterocycles. The second-order valence-corrected chi connectivity index (χ2v) is 3.65. The highest BCUT2D eigenvalue weighted by atomic mass is 16.3. The van der Waals surface area contributed by atoms with Gasteiger partial charge in [0.15, 0.2) is 11.5 Å². The summed E-state index contributed by atoms with van der Waals surface area (Å²) in [6.45, 7) is 2.17. The smallest absolute Gasteiger partial charge is 0.234 e. The van der Waals surface area contributed by atoms with Gasteiger partial charge >= 0.3 is 0 Å². The lowest BCUT2D eigenvalue weighted by Crippen LogP contribution is -2.21. The van der Waals surface area contributed by atoms with E-state index in [0.717, 1.165) is 11.1 Å². The third kappa shape index (κ3) is 2.61. The first-order valence-electron chi connectivity index (χ1n) is 5.19. The van der Waals surface area contributed by atoms with Gasteiger partial charge < -0.3 is 9.73 Å². The summed E-state index contributed by atoms with van der Waals surface area (Å²) in [5, 5.41) is 11.0. The van der Waals surface area contributed by atoms with Gasteiger partial charge in [0, 0.05) is 13.5 Å².